The van der Waals surface area contributed by atoms with Gasteiger partial charge in [-0.2, -0.15) is 0 Å². The molecule has 1 atom stereocenters. The van der Waals surface area contributed by atoms with E-state index >= 15 is 0 Å². The molecule has 128 valence electrons. The van der Waals surface area contributed by atoms with Crippen LogP contribution in [0.4, 0.5) is 0 Å². The quantitative estimate of drug-likeness (QED) is 0.907. The van der Waals surface area contributed by atoms with Crippen LogP contribution in [0.3, 0.4) is 0 Å². The van der Waals surface area contributed by atoms with E-state index in [0.717, 1.165) is 31.1 Å². The van der Waals surface area contributed by atoms with Crippen LogP contribution in [0, 0.1) is 6.92 Å². The van der Waals surface area contributed by atoms with Crippen LogP contribution in [0.25, 0.3) is 0 Å². The summed E-state index contributed by atoms with van der Waals surface area (Å²) in [6.45, 7) is 6.95. The molecular weight excluding hydrogens is 318 g/mol. The molecule has 2 aromatic rings. The molecule has 1 aromatic heterocycles. The molecule has 0 saturated carbocycles. The van der Waals surface area contributed by atoms with Crippen LogP contribution in [0.1, 0.15) is 26.8 Å². The highest BCUT2D eigenvalue weighted by Gasteiger charge is 2.24. The van der Waals surface area contributed by atoms with Gasteiger partial charge in [0.05, 0.1) is 10.9 Å². The van der Waals surface area contributed by atoms with Gasteiger partial charge in [0.2, 0.25) is 0 Å². The summed E-state index contributed by atoms with van der Waals surface area (Å²) >= 11 is 1.48. The van der Waals surface area contributed by atoms with E-state index in [1.165, 1.54) is 22.5 Å². The van der Waals surface area contributed by atoms with Crippen LogP contribution in [-0.2, 0) is 0 Å². The van der Waals surface area contributed by atoms with Crippen molar-refractivity contribution in [2.75, 3.05) is 39.8 Å². The van der Waals surface area contributed by atoms with Gasteiger partial charge in [-0.25, -0.2) is 0 Å². The van der Waals surface area contributed by atoms with Crippen molar-refractivity contribution in [3.05, 3.63) is 57.8 Å². The van der Waals surface area contributed by atoms with Crippen LogP contribution < -0.4 is 5.32 Å². The highest BCUT2D eigenvalue weighted by molar-refractivity contribution is 7.12. The normalized spacial score (nSPS) is 17.6. The molecule has 2 heterocycles. The van der Waals surface area contributed by atoms with Crippen LogP contribution >= 0.6 is 11.3 Å². The summed E-state index contributed by atoms with van der Waals surface area (Å²) in [5.41, 5.74) is 2.54. The van der Waals surface area contributed by atoms with Gasteiger partial charge in [0, 0.05) is 32.7 Å². The number of hydrogen-bond donors (Lipinski definition) is 1. The minimum absolute atomic E-state index is 0.0243. The maximum atomic E-state index is 12.3. The van der Waals surface area contributed by atoms with Gasteiger partial charge in [0.1, 0.15) is 0 Å². The second-order valence-corrected chi connectivity index (χ2v) is 7.40. The standard InChI is InChI=1S/C19H25N3OS/c1-15-5-7-16(8-6-15)17(22-11-9-21(2)10-12-22)14-20-19(23)18-4-3-13-24-18/h3-8,13,17H,9-12,14H2,1-2H3,(H,20,23). The van der Waals surface area contributed by atoms with Crippen molar-refractivity contribution in [2.24, 2.45) is 0 Å². The van der Waals surface area contributed by atoms with Crippen molar-refractivity contribution >= 4 is 17.2 Å². The number of likely N-dealkylation sites (N-methyl/N-ethyl adjacent to an activating group) is 1. The van der Waals surface area contributed by atoms with E-state index in [9.17, 15) is 4.79 Å². The average Bonchev–Trinajstić information content (AvgIpc) is 3.12. The molecule has 0 bridgehead atoms. The third-order valence-corrected chi connectivity index (χ3v) is 5.51. The van der Waals surface area contributed by atoms with Crippen molar-refractivity contribution in [3.63, 3.8) is 0 Å². The molecule has 3 rings (SSSR count). The smallest absolute Gasteiger partial charge is 0.261 e. The Labute approximate surface area is 148 Å². The molecule has 5 heteroatoms. The fourth-order valence-corrected chi connectivity index (χ4v) is 3.70. The molecule has 1 aromatic carbocycles. The van der Waals surface area contributed by atoms with Crippen molar-refractivity contribution in [2.45, 2.75) is 13.0 Å². The number of hydrogen-bond acceptors (Lipinski definition) is 4. The predicted octanol–water partition coefficient (Wildman–Crippen LogP) is 2.78. The summed E-state index contributed by atoms with van der Waals surface area (Å²) in [5, 5.41) is 5.06. The molecule has 24 heavy (non-hydrogen) atoms. The zero-order valence-corrected chi connectivity index (χ0v) is 15.2. The maximum absolute atomic E-state index is 12.3. The average molecular weight is 343 g/mol. The fraction of sp³-hybridized carbons (Fsp3) is 0.421. The summed E-state index contributed by atoms with van der Waals surface area (Å²) in [5.74, 6) is 0.0243. The topological polar surface area (TPSA) is 35.6 Å². The molecule has 4 nitrogen and oxygen atoms in total. The monoisotopic (exact) mass is 343 g/mol. The first-order valence-electron chi connectivity index (χ1n) is 8.44. The third kappa shape index (κ3) is 4.23. The zero-order chi connectivity index (χ0) is 16.9. The molecule has 1 N–H and O–H groups in total. The first-order chi connectivity index (χ1) is 11.6. The first kappa shape index (κ1) is 17.1. The van der Waals surface area contributed by atoms with Crippen LogP contribution in [0.5, 0.6) is 0 Å². The Bertz CT molecular complexity index is 646. The second-order valence-electron chi connectivity index (χ2n) is 6.45. The van der Waals surface area contributed by atoms with E-state index in [-0.39, 0.29) is 11.9 Å². The number of carbonyl (C=O) groups excluding carboxylic acids is 1. The summed E-state index contributed by atoms with van der Waals surface area (Å²) in [6.07, 6.45) is 0. The van der Waals surface area contributed by atoms with Crippen molar-refractivity contribution in [1.29, 1.82) is 0 Å². The van der Waals surface area contributed by atoms with Crippen LogP contribution in [0.15, 0.2) is 41.8 Å². The molecular formula is C19H25N3OS. The summed E-state index contributed by atoms with van der Waals surface area (Å²) in [7, 11) is 2.16. The summed E-state index contributed by atoms with van der Waals surface area (Å²) in [4.78, 5) is 17.9. The lowest BCUT2D eigenvalue weighted by Gasteiger charge is -2.38. The number of rotatable bonds is 5. The number of benzene rings is 1. The Kier molecular flexibility index (Phi) is 5.66. The minimum atomic E-state index is 0.0243. The molecule has 1 fully saturated rings. The van der Waals surface area contributed by atoms with Crippen molar-refractivity contribution < 1.29 is 4.79 Å². The maximum Gasteiger partial charge on any atom is 0.261 e. The number of nitrogens with zero attached hydrogens (tertiary/aromatic N) is 2. The number of piperazine rings is 1. The Morgan fingerprint density at radius 1 is 1.17 bits per heavy atom. The first-order valence-corrected chi connectivity index (χ1v) is 9.32. The molecule has 1 unspecified atom stereocenters. The largest absolute Gasteiger partial charge is 0.349 e. The highest BCUT2D eigenvalue weighted by Crippen LogP contribution is 2.22. The van der Waals surface area contributed by atoms with E-state index in [0.29, 0.717) is 6.54 Å². The lowest BCUT2D eigenvalue weighted by molar-refractivity contribution is 0.0889. The Balaban J connectivity index is 1.71. The zero-order valence-electron chi connectivity index (χ0n) is 14.4. The SMILES string of the molecule is Cc1ccc(C(CNC(=O)c2cccs2)N2CCN(C)CC2)cc1. The van der Waals surface area contributed by atoms with E-state index in [4.69, 9.17) is 0 Å². The number of aryl methyl sites for hydroxylation is 1. The van der Waals surface area contributed by atoms with E-state index in [1.54, 1.807) is 0 Å². The number of nitrogens with one attached hydrogen (secondary N) is 1. The number of amides is 1. The Morgan fingerprint density at radius 3 is 2.50 bits per heavy atom. The molecule has 1 amide bonds. The van der Waals surface area contributed by atoms with E-state index < -0.39 is 0 Å². The highest BCUT2D eigenvalue weighted by atomic mass is 32.1. The van der Waals surface area contributed by atoms with Gasteiger partial charge in [0.15, 0.2) is 0 Å². The van der Waals surface area contributed by atoms with Crippen molar-refractivity contribution in [3.8, 4) is 0 Å². The molecule has 1 aliphatic rings. The summed E-state index contributed by atoms with van der Waals surface area (Å²) in [6, 6.07) is 12.7. The van der Waals surface area contributed by atoms with Crippen molar-refractivity contribution in [1.82, 2.24) is 15.1 Å². The predicted molar refractivity (Wildman–Crippen MR) is 99.6 cm³/mol. The van der Waals surface area contributed by atoms with E-state index in [1.807, 2.05) is 17.5 Å². The number of carbonyl (C=O) groups is 1. The van der Waals surface area contributed by atoms with Gasteiger partial charge < -0.3 is 10.2 Å². The van der Waals surface area contributed by atoms with Crippen LogP contribution in [-0.4, -0.2) is 55.5 Å². The lowest BCUT2D eigenvalue weighted by atomic mass is 10.0. The van der Waals surface area contributed by atoms with E-state index in [2.05, 4.69) is 53.4 Å². The van der Waals surface area contributed by atoms with Gasteiger partial charge in [0.25, 0.3) is 5.91 Å². The Morgan fingerprint density at radius 2 is 1.88 bits per heavy atom. The van der Waals surface area contributed by atoms with Gasteiger partial charge in [-0.3, -0.25) is 9.69 Å². The molecule has 0 spiro atoms. The number of thiophene rings is 1. The summed E-state index contributed by atoms with van der Waals surface area (Å²) < 4.78 is 0. The molecule has 0 aliphatic carbocycles. The molecule has 1 aliphatic heterocycles. The third-order valence-electron chi connectivity index (χ3n) is 4.64. The minimum Gasteiger partial charge on any atom is -0.349 e. The lowest BCUT2D eigenvalue weighted by Crippen LogP contribution is -2.48. The van der Waals surface area contributed by atoms with Gasteiger partial charge in [-0.05, 0) is 31.0 Å². The van der Waals surface area contributed by atoms with Gasteiger partial charge >= 0.3 is 0 Å². The molecule has 0 radical (unpaired) electrons. The second kappa shape index (κ2) is 7.92. The van der Waals surface area contributed by atoms with Gasteiger partial charge in [-0.1, -0.05) is 35.9 Å². The molecule has 1 saturated heterocycles. The van der Waals surface area contributed by atoms with Crippen LogP contribution in [0.2, 0.25) is 0 Å². The Hall–Kier alpha value is -1.69. The fourth-order valence-electron chi connectivity index (χ4n) is 3.06. The van der Waals surface area contributed by atoms with Gasteiger partial charge in [-0.15, -0.1) is 11.3 Å².